The Labute approximate surface area is 199 Å². The minimum atomic E-state index is -0.309. The van der Waals surface area contributed by atoms with Gasteiger partial charge in [0.15, 0.2) is 17.6 Å². The molecule has 2 atom stereocenters. The van der Waals surface area contributed by atoms with Crippen molar-refractivity contribution in [2.75, 3.05) is 19.5 Å². The summed E-state index contributed by atoms with van der Waals surface area (Å²) < 4.78 is 19.5. The number of nitrogens with zero attached hydrogens (tertiary/aromatic N) is 3. The van der Waals surface area contributed by atoms with E-state index in [4.69, 9.17) is 25.8 Å². The predicted octanol–water partition coefficient (Wildman–Crippen LogP) is 5.57. The molecule has 33 heavy (non-hydrogen) atoms. The number of hydrogen-bond acceptors (Lipinski definition) is 7. The number of anilines is 1. The van der Waals surface area contributed by atoms with E-state index in [1.165, 1.54) is 0 Å². The molecule has 166 valence electrons. The quantitative estimate of drug-likeness (QED) is 0.413. The average molecular weight is 479 g/mol. The first kappa shape index (κ1) is 20.1. The summed E-state index contributed by atoms with van der Waals surface area (Å²) in [5, 5.41) is 10.7. The lowest BCUT2D eigenvalue weighted by molar-refractivity contribution is 0.226. The van der Waals surface area contributed by atoms with Gasteiger partial charge in [-0.05, 0) is 47.3 Å². The standard InChI is InChI=1S/C24H19ClN4O3S/c1-30-17-7-5-13(10-18(17)31-2)22-20-21(28-24-26-12-27-29(22)24)15-11-14(25)6-8-16(15)32-23(20)19-4-3-9-33-19/h3-12,22-23H,1-2H3,(H,26,27,28)/t22-,23+/m0/s1. The van der Waals surface area contributed by atoms with E-state index in [1.54, 1.807) is 31.9 Å². The van der Waals surface area contributed by atoms with Crippen molar-refractivity contribution in [1.82, 2.24) is 14.8 Å². The van der Waals surface area contributed by atoms with E-state index in [0.717, 1.165) is 33.0 Å². The lowest BCUT2D eigenvalue weighted by atomic mass is 9.86. The molecule has 0 aliphatic carbocycles. The van der Waals surface area contributed by atoms with Crippen molar-refractivity contribution in [3.63, 3.8) is 0 Å². The fourth-order valence-corrected chi connectivity index (χ4v) is 5.41. The lowest BCUT2D eigenvalue weighted by Gasteiger charge is -2.38. The molecule has 2 aliphatic rings. The molecule has 4 aromatic rings. The van der Waals surface area contributed by atoms with Crippen LogP contribution in [-0.2, 0) is 0 Å². The molecule has 0 radical (unpaired) electrons. The molecule has 2 aliphatic heterocycles. The van der Waals surface area contributed by atoms with Gasteiger partial charge in [0.05, 0.1) is 19.9 Å². The first-order chi connectivity index (χ1) is 16.2. The van der Waals surface area contributed by atoms with Crippen LogP contribution in [0.15, 0.2) is 65.8 Å². The summed E-state index contributed by atoms with van der Waals surface area (Å²) >= 11 is 8.04. The smallest absolute Gasteiger partial charge is 0.226 e. The Morgan fingerprint density at radius 3 is 2.76 bits per heavy atom. The molecule has 0 bridgehead atoms. The topological polar surface area (TPSA) is 70.4 Å². The highest BCUT2D eigenvalue weighted by molar-refractivity contribution is 7.10. The molecule has 0 saturated carbocycles. The molecular weight excluding hydrogens is 460 g/mol. The van der Waals surface area contributed by atoms with Crippen molar-refractivity contribution in [3.05, 3.63) is 86.8 Å². The minimum Gasteiger partial charge on any atom is -0.493 e. The summed E-state index contributed by atoms with van der Waals surface area (Å²) in [7, 11) is 3.26. The van der Waals surface area contributed by atoms with Gasteiger partial charge in [0.1, 0.15) is 18.1 Å². The SMILES string of the molecule is COc1ccc([C@H]2C3=C(Nc4ncnn42)c2cc(Cl)ccc2O[C@@H]3c2cccs2)cc1OC. The van der Waals surface area contributed by atoms with E-state index < -0.39 is 0 Å². The van der Waals surface area contributed by atoms with Crippen molar-refractivity contribution >= 4 is 34.6 Å². The van der Waals surface area contributed by atoms with E-state index in [0.29, 0.717) is 22.5 Å². The third kappa shape index (κ3) is 3.17. The molecule has 9 heteroatoms. The Kier molecular flexibility index (Phi) is 4.78. The highest BCUT2D eigenvalue weighted by atomic mass is 35.5. The van der Waals surface area contributed by atoms with Gasteiger partial charge in [-0.2, -0.15) is 10.1 Å². The van der Waals surface area contributed by atoms with Crippen LogP contribution in [0.3, 0.4) is 0 Å². The zero-order valence-corrected chi connectivity index (χ0v) is 19.4. The molecule has 4 heterocycles. The van der Waals surface area contributed by atoms with Crippen LogP contribution < -0.4 is 19.5 Å². The highest BCUT2D eigenvalue weighted by Crippen LogP contribution is 2.52. The zero-order valence-electron chi connectivity index (χ0n) is 17.8. The highest BCUT2D eigenvalue weighted by Gasteiger charge is 2.41. The molecule has 2 aromatic carbocycles. The van der Waals surface area contributed by atoms with E-state index in [9.17, 15) is 0 Å². The first-order valence-corrected chi connectivity index (χ1v) is 11.6. The van der Waals surface area contributed by atoms with Crippen LogP contribution in [-0.4, -0.2) is 29.0 Å². The third-order valence-corrected chi connectivity index (χ3v) is 7.05. The molecular formula is C24H19ClN4O3S. The third-order valence-electron chi connectivity index (χ3n) is 5.90. The van der Waals surface area contributed by atoms with Gasteiger partial charge >= 0.3 is 0 Å². The Morgan fingerprint density at radius 1 is 1.09 bits per heavy atom. The molecule has 0 amide bonds. The molecule has 6 rings (SSSR count). The van der Waals surface area contributed by atoms with Crippen molar-refractivity contribution in [2.45, 2.75) is 12.1 Å². The van der Waals surface area contributed by atoms with E-state index in [-0.39, 0.29) is 12.1 Å². The summed E-state index contributed by atoms with van der Waals surface area (Å²) in [6.07, 6.45) is 1.24. The number of thiophene rings is 1. The van der Waals surface area contributed by atoms with Gasteiger partial charge in [0.2, 0.25) is 5.95 Å². The number of fused-ring (bicyclic) bond motifs is 3. The Bertz CT molecular complexity index is 1380. The van der Waals surface area contributed by atoms with Crippen LogP contribution in [0.1, 0.15) is 28.1 Å². The Hall–Kier alpha value is -3.49. The van der Waals surface area contributed by atoms with Gasteiger partial charge < -0.3 is 19.5 Å². The number of hydrogen-bond donors (Lipinski definition) is 1. The number of ether oxygens (including phenoxy) is 3. The zero-order chi connectivity index (χ0) is 22.5. The summed E-state index contributed by atoms with van der Waals surface area (Å²) in [6, 6.07) is 15.4. The number of aromatic nitrogens is 3. The molecule has 1 N–H and O–H groups in total. The second-order valence-corrected chi connectivity index (χ2v) is 9.07. The first-order valence-electron chi connectivity index (χ1n) is 10.3. The fourth-order valence-electron chi connectivity index (χ4n) is 4.46. The van der Waals surface area contributed by atoms with Crippen LogP contribution in [0.2, 0.25) is 5.02 Å². The van der Waals surface area contributed by atoms with E-state index >= 15 is 0 Å². The van der Waals surface area contributed by atoms with Gasteiger partial charge in [-0.3, -0.25) is 0 Å². The average Bonchev–Trinajstić information content (AvgIpc) is 3.54. The van der Waals surface area contributed by atoms with Gasteiger partial charge in [0.25, 0.3) is 0 Å². The molecule has 0 unspecified atom stereocenters. The predicted molar refractivity (Wildman–Crippen MR) is 127 cm³/mol. The Balaban J connectivity index is 1.63. The van der Waals surface area contributed by atoms with Crippen molar-refractivity contribution in [1.29, 1.82) is 0 Å². The Morgan fingerprint density at radius 2 is 1.97 bits per heavy atom. The van der Waals surface area contributed by atoms with Crippen LogP contribution in [0, 0.1) is 0 Å². The molecule has 0 fully saturated rings. The second kappa shape index (κ2) is 7.83. The normalized spacial score (nSPS) is 18.5. The fraction of sp³-hybridized carbons (Fsp3) is 0.167. The summed E-state index contributed by atoms with van der Waals surface area (Å²) in [5.41, 5.74) is 3.82. The molecule has 0 saturated heterocycles. The molecule has 7 nitrogen and oxygen atoms in total. The summed E-state index contributed by atoms with van der Waals surface area (Å²) in [5.74, 6) is 2.72. The number of benzene rings is 2. The van der Waals surface area contributed by atoms with Crippen molar-refractivity contribution < 1.29 is 14.2 Å². The van der Waals surface area contributed by atoms with Gasteiger partial charge in [0, 0.05) is 21.0 Å². The van der Waals surface area contributed by atoms with Gasteiger partial charge in [-0.1, -0.05) is 23.7 Å². The van der Waals surface area contributed by atoms with Gasteiger partial charge in [-0.25, -0.2) is 4.68 Å². The number of methoxy groups -OCH3 is 2. The van der Waals surface area contributed by atoms with Crippen LogP contribution in [0.5, 0.6) is 17.2 Å². The minimum absolute atomic E-state index is 0.280. The van der Waals surface area contributed by atoms with Crippen molar-refractivity contribution in [3.8, 4) is 17.2 Å². The number of rotatable bonds is 4. The van der Waals surface area contributed by atoms with Crippen LogP contribution in [0.25, 0.3) is 5.70 Å². The van der Waals surface area contributed by atoms with E-state index in [1.807, 2.05) is 47.1 Å². The van der Waals surface area contributed by atoms with Gasteiger partial charge in [-0.15, -0.1) is 11.3 Å². The maximum Gasteiger partial charge on any atom is 0.226 e. The van der Waals surface area contributed by atoms with Crippen LogP contribution >= 0.6 is 22.9 Å². The van der Waals surface area contributed by atoms with E-state index in [2.05, 4.69) is 26.8 Å². The van der Waals surface area contributed by atoms with Crippen molar-refractivity contribution in [2.24, 2.45) is 0 Å². The summed E-state index contributed by atoms with van der Waals surface area (Å²) in [4.78, 5) is 5.56. The monoisotopic (exact) mass is 478 g/mol. The maximum absolute atomic E-state index is 6.58. The molecule has 0 spiro atoms. The van der Waals surface area contributed by atoms with Crippen LogP contribution in [0.4, 0.5) is 5.95 Å². The second-order valence-electron chi connectivity index (χ2n) is 7.65. The summed E-state index contributed by atoms with van der Waals surface area (Å²) in [6.45, 7) is 0. The largest absolute Gasteiger partial charge is 0.493 e. The number of halogens is 1. The number of nitrogens with one attached hydrogen (secondary N) is 1. The lowest BCUT2D eigenvalue weighted by Crippen LogP contribution is -2.32. The maximum atomic E-state index is 6.58. The molecule has 2 aromatic heterocycles.